The van der Waals surface area contributed by atoms with E-state index < -0.39 is 12.2 Å². The molecule has 2 aromatic carbocycles. The molecule has 0 aliphatic carbocycles. The first-order valence-electron chi connectivity index (χ1n) is 5.36. The van der Waals surface area contributed by atoms with Crippen LogP contribution in [0.3, 0.4) is 0 Å². The van der Waals surface area contributed by atoms with Gasteiger partial charge in [-0.25, -0.2) is 4.39 Å². The smallest absolute Gasteiger partial charge is 0.508 e. The van der Waals surface area contributed by atoms with Crippen LogP contribution in [0, 0.1) is 5.82 Å². The van der Waals surface area contributed by atoms with Crippen molar-refractivity contribution in [2.75, 3.05) is 0 Å². The Morgan fingerprint density at radius 3 is 2.20 bits per heavy atom. The van der Waals surface area contributed by atoms with Crippen molar-refractivity contribution in [3.8, 4) is 11.5 Å². The number of halogens is 4. The van der Waals surface area contributed by atoms with Gasteiger partial charge in [0.25, 0.3) is 0 Å². The Labute approximate surface area is 116 Å². The first-order chi connectivity index (χ1) is 9.33. The zero-order chi connectivity index (χ0) is 14.8. The molecule has 0 saturated heterocycles. The van der Waals surface area contributed by atoms with E-state index in [-0.39, 0.29) is 16.4 Å². The van der Waals surface area contributed by atoms with Crippen LogP contribution in [0.4, 0.5) is 17.6 Å². The second-order valence-corrected chi connectivity index (χ2v) is 4.85. The van der Waals surface area contributed by atoms with Crippen molar-refractivity contribution in [3.63, 3.8) is 0 Å². The topological polar surface area (TPSA) is 29.5 Å². The van der Waals surface area contributed by atoms with Crippen LogP contribution in [0.5, 0.6) is 11.5 Å². The summed E-state index contributed by atoms with van der Waals surface area (Å²) in [6, 6.07) is 8.74. The van der Waals surface area contributed by atoms with Crippen molar-refractivity contribution in [1.82, 2.24) is 0 Å². The predicted octanol–water partition coefficient (Wildman–Crippen LogP) is 4.58. The molecule has 106 valence electrons. The molecular weight excluding hydrogens is 296 g/mol. The van der Waals surface area contributed by atoms with Gasteiger partial charge < -0.3 is 9.84 Å². The number of benzene rings is 2. The highest BCUT2D eigenvalue weighted by atomic mass is 32.2. The minimum Gasteiger partial charge on any atom is -0.508 e. The van der Waals surface area contributed by atoms with E-state index >= 15 is 0 Å². The van der Waals surface area contributed by atoms with Gasteiger partial charge in [-0.15, -0.1) is 13.2 Å². The molecule has 0 atom stereocenters. The van der Waals surface area contributed by atoms with Crippen molar-refractivity contribution in [2.24, 2.45) is 0 Å². The molecule has 0 aliphatic heterocycles. The van der Waals surface area contributed by atoms with E-state index in [0.717, 1.165) is 30.0 Å². The molecule has 0 aromatic heterocycles. The molecule has 0 amide bonds. The maximum absolute atomic E-state index is 13.5. The number of rotatable bonds is 3. The molecule has 0 saturated carbocycles. The van der Waals surface area contributed by atoms with Crippen LogP contribution in [0.2, 0.25) is 0 Å². The second-order valence-electron chi connectivity index (χ2n) is 3.74. The van der Waals surface area contributed by atoms with Crippen LogP contribution < -0.4 is 4.74 Å². The van der Waals surface area contributed by atoms with Gasteiger partial charge in [0.2, 0.25) is 0 Å². The zero-order valence-electron chi connectivity index (χ0n) is 9.82. The highest BCUT2D eigenvalue weighted by Gasteiger charge is 2.30. The normalized spacial score (nSPS) is 11.4. The SMILES string of the molecule is Oc1ccc(Sc2ccc(OC(F)(F)F)cc2)c(F)c1. The van der Waals surface area contributed by atoms with Crippen LogP contribution in [-0.4, -0.2) is 11.5 Å². The summed E-state index contributed by atoms with van der Waals surface area (Å²) >= 11 is 1.03. The Morgan fingerprint density at radius 2 is 1.65 bits per heavy atom. The van der Waals surface area contributed by atoms with Gasteiger partial charge in [-0.3, -0.25) is 0 Å². The van der Waals surface area contributed by atoms with E-state index in [1.807, 2.05) is 0 Å². The van der Waals surface area contributed by atoms with E-state index in [2.05, 4.69) is 4.74 Å². The van der Waals surface area contributed by atoms with E-state index in [1.54, 1.807) is 0 Å². The molecule has 7 heteroatoms. The molecular formula is C13H8F4O2S. The Bertz CT molecular complexity index is 596. The molecule has 0 fully saturated rings. The van der Waals surface area contributed by atoms with Crippen LogP contribution >= 0.6 is 11.8 Å². The van der Waals surface area contributed by atoms with Crippen LogP contribution in [-0.2, 0) is 0 Å². The van der Waals surface area contributed by atoms with Gasteiger partial charge in [0.1, 0.15) is 17.3 Å². The third-order valence-electron chi connectivity index (χ3n) is 2.20. The Balaban J connectivity index is 2.11. The van der Waals surface area contributed by atoms with Crippen molar-refractivity contribution >= 4 is 11.8 Å². The summed E-state index contributed by atoms with van der Waals surface area (Å²) in [6.07, 6.45) is -4.74. The van der Waals surface area contributed by atoms with Gasteiger partial charge >= 0.3 is 6.36 Å². The molecule has 2 nitrogen and oxygen atoms in total. The van der Waals surface area contributed by atoms with Gasteiger partial charge in [-0.1, -0.05) is 11.8 Å². The Morgan fingerprint density at radius 1 is 1.00 bits per heavy atom. The summed E-state index contributed by atoms with van der Waals surface area (Å²) in [7, 11) is 0. The molecule has 0 bridgehead atoms. The van der Waals surface area contributed by atoms with Crippen molar-refractivity contribution < 1.29 is 27.4 Å². The third kappa shape index (κ3) is 4.06. The van der Waals surface area contributed by atoms with Crippen molar-refractivity contribution in [3.05, 3.63) is 48.3 Å². The first-order valence-corrected chi connectivity index (χ1v) is 6.17. The summed E-state index contributed by atoms with van der Waals surface area (Å²) in [4.78, 5) is 0.802. The zero-order valence-corrected chi connectivity index (χ0v) is 10.6. The molecule has 0 spiro atoms. The maximum atomic E-state index is 13.5. The average molecular weight is 304 g/mol. The number of aromatic hydroxyl groups is 1. The minimum absolute atomic E-state index is 0.194. The van der Waals surface area contributed by atoms with Gasteiger partial charge in [0, 0.05) is 15.9 Å². The summed E-state index contributed by atoms with van der Waals surface area (Å²) in [5, 5.41) is 9.08. The molecule has 0 heterocycles. The molecule has 20 heavy (non-hydrogen) atoms. The minimum atomic E-state index is -4.74. The molecule has 0 unspecified atom stereocenters. The fourth-order valence-electron chi connectivity index (χ4n) is 1.41. The summed E-state index contributed by atoms with van der Waals surface area (Å²) in [6.45, 7) is 0. The van der Waals surface area contributed by atoms with Crippen LogP contribution in [0.25, 0.3) is 0 Å². The van der Waals surface area contributed by atoms with Crippen LogP contribution in [0.1, 0.15) is 0 Å². The second kappa shape index (κ2) is 5.62. The fraction of sp³-hybridized carbons (Fsp3) is 0.0769. The molecule has 0 aliphatic rings. The molecule has 0 radical (unpaired) electrons. The van der Waals surface area contributed by atoms with E-state index in [1.165, 1.54) is 24.3 Å². The van der Waals surface area contributed by atoms with Gasteiger partial charge in [-0.05, 0) is 36.4 Å². The van der Waals surface area contributed by atoms with Gasteiger partial charge in [0.15, 0.2) is 0 Å². The molecule has 1 N–H and O–H groups in total. The lowest BCUT2D eigenvalue weighted by Crippen LogP contribution is -2.16. The molecule has 2 rings (SSSR count). The monoisotopic (exact) mass is 304 g/mol. The summed E-state index contributed by atoms with van der Waals surface area (Å²) in [5.41, 5.74) is 0. The predicted molar refractivity (Wildman–Crippen MR) is 65.3 cm³/mol. The molecule has 2 aromatic rings. The lowest BCUT2D eigenvalue weighted by molar-refractivity contribution is -0.274. The third-order valence-corrected chi connectivity index (χ3v) is 3.26. The van der Waals surface area contributed by atoms with E-state index in [0.29, 0.717) is 4.90 Å². The average Bonchev–Trinajstić information content (AvgIpc) is 2.33. The van der Waals surface area contributed by atoms with Gasteiger partial charge in [-0.2, -0.15) is 0 Å². The Hall–Kier alpha value is -1.89. The highest BCUT2D eigenvalue weighted by Crippen LogP contribution is 2.33. The van der Waals surface area contributed by atoms with Crippen molar-refractivity contribution in [1.29, 1.82) is 0 Å². The van der Waals surface area contributed by atoms with Gasteiger partial charge in [0.05, 0.1) is 0 Å². The van der Waals surface area contributed by atoms with Crippen LogP contribution in [0.15, 0.2) is 52.3 Å². The van der Waals surface area contributed by atoms with Crippen molar-refractivity contribution in [2.45, 2.75) is 16.2 Å². The number of hydrogen-bond acceptors (Lipinski definition) is 3. The number of phenols is 1. The number of phenolic OH excluding ortho intramolecular Hbond substituents is 1. The summed E-state index contributed by atoms with van der Waals surface area (Å²) < 4.78 is 53.1. The maximum Gasteiger partial charge on any atom is 0.573 e. The highest BCUT2D eigenvalue weighted by molar-refractivity contribution is 7.99. The largest absolute Gasteiger partial charge is 0.573 e. The standard InChI is InChI=1S/C13H8F4O2S/c14-11-7-8(18)1-6-12(11)20-10-4-2-9(3-5-10)19-13(15,16)17/h1-7,18H. The van der Waals surface area contributed by atoms with E-state index in [9.17, 15) is 17.6 Å². The Kier molecular flexibility index (Phi) is 4.08. The fourth-order valence-corrected chi connectivity index (χ4v) is 2.23. The summed E-state index contributed by atoms with van der Waals surface area (Å²) in [5.74, 6) is -1.14. The number of ether oxygens (including phenoxy) is 1. The lowest BCUT2D eigenvalue weighted by atomic mass is 10.3. The number of alkyl halides is 3. The van der Waals surface area contributed by atoms with E-state index in [4.69, 9.17) is 5.11 Å². The number of hydrogen-bond donors (Lipinski definition) is 1. The quantitative estimate of drug-likeness (QED) is 0.842. The first kappa shape index (κ1) is 14.5. The lowest BCUT2D eigenvalue weighted by Gasteiger charge is -2.09.